The highest BCUT2D eigenvalue weighted by atomic mass is 16.7. The predicted molar refractivity (Wildman–Crippen MR) is 88.2 cm³/mol. The van der Waals surface area contributed by atoms with Gasteiger partial charge in [0.25, 0.3) is 5.91 Å². The largest absolute Gasteiger partial charge is 0.454 e. The summed E-state index contributed by atoms with van der Waals surface area (Å²) in [6.45, 7) is 1.57. The molecule has 1 amide bonds. The molecule has 0 aliphatic carbocycles. The van der Waals surface area contributed by atoms with Crippen molar-refractivity contribution in [1.29, 1.82) is 0 Å². The van der Waals surface area contributed by atoms with Crippen LogP contribution in [-0.2, 0) is 14.3 Å². The number of carbonyl (C=O) groups excluding carboxylic acids is 2. The quantitative estimate of drug-likeness (QED) is 0.807. The molecule has 1 heterocycles. The Morgan fingerprint density at radius 2 is 1.84 bits per heavy atom. The first-order valence-electron chi connectivity index (χ1n) is 7.68. The number of benzene rings is 2. The van der Waals surface area contributed by atoms with Crippen molar-refractivity contribution in [2.45, 2.75) is 19.1 Å². The molecule has 1 aliphatic heterocycles. The van der Waals surface area contributed by atoms with Gasteiger partial charge in [0.15, 0.2) is 23.7 Å². The number of hydrogen-bond donors (Lipinski definition) is 2. The Hall–Kier alpha value is -3.06. The fourth-order valence-corrected chi connectivity index (χ4v) is 2.28. The number of amides is 1. The maximum absolute atomic E-state index is 12.2. The highest BCUT2D eigenvalue weighted by Crippen LogP contribution is 2.34. The Kier molecular flexibility index (Phi) is 4.85. The van der Waals surface area contributed by atoms with Crippen LogP contribution in [0.25, 0.3) is 0 Å². The van der Waals surface area contributed by atoms with Crippen molar-refractivity contribution in [2.75, 3.05) is 12.1 Å². The average molecular weight is 343 g/mol. The number of carbonyl (C=O) groups is 2. The fraction of sp³-hybridized carbons (Fsp3) is 0.222. The normalized spacial score (nSPS) is 14.5. The fourth-order valence-electron chi connectivity index (χ4n) is 2.28. The molecule has 0 aromatic heterocycles. The van der Waals surface area contributed by atoms with Crippen molar-refractivity contribution in [1.82, 2.24) is 0 Å². The lowest BCUT2D eigenvalue weighted by Gasteiger charge is -2.16. The van der Waals surface area contributed by atoms with E-state index >= 15 is 0 Å². The van der Waals surface area contributed by atoms with E-state index in [4.69, 9.17) is 14.2 Å². The van der Waals surface area contributed by atoms with Gasteiger partial charge in [-0.25, -0.2) is 4.79 Å². The Bertz CT molecular complexity index is 776. The zero-order valence-corrected chi connectivity index (χ0v) is 13.5. The molecule has 0 unspecified atom stereocenters. The van der Waals surface area contributed by atoms with Crippen LogP contribution >= 0.6 is 0 Å². The second-order valence-electron chi connectivity index (χ2n) is 5.45. The lowest BCUT2D eigenvalue weighted by Crippen LogP contribution is -2.31. The molecule has 2 aromatic carbocycles. The smallest absolute Gasteiger partial charge is 0.340 e. The lowest BCUT2D eigenvalue weighted by molar-refractivity contribution is -0.162. The first kappa shape index (κ1) is 16.8. The second kappa shape index (κ2) is 7.23. The lowest BCUT2D eigenvalue weighted by atomic mass is 10.1. The van der Waals surface area contributed by atoms with Crippen molar-refractivity contribution in [3.8, 4) is 11.5 Å². The van der Waals surface area contributed by atoms with Crippen LogP contribution in [0.2, 0.25) is 0 Å². The zero-order valence-electron chi connectivity index (χ0n) is 13.5. The Labute approximate surface area is 144 Å². The molecule has 7 nitrogen and oxygen atoms in total. The molecule has 1 aliphatic rings. The summed E-state index contributed by atoms with van der Waals surface area (Å²) in [5.41, 5.74) is 0.886. The molecule has 2 atom stereocenters. The van der Waals surface area contributed by atoms with Gasteiger partial charge in [-0.1, -0.05) is 30.3 Å². The molecule has 0 bridgehead atoms. The number of aliphatic hydroxyl groups excluding tert-OH is 1. The molecule has 7 heteroatoms. The standard InChI is InChI=1S/C18H17NO6/c1-11(25-18(22)16(20)12-5-3-2-4-6-12)17(21)19-13-7-8-14-15(9-13)24-10-23-14/h2-9,11,16,20H,10H2,1H3,(H,19,21)/t11-,16-/m0/s1. The number of ether oxygens (including phenoxy) is 3. The molecule has 0 fully saturated rings. The molecular weight excluding hydrogens is 326 g/mol. The van der Waals surface area contributed by atoms with Crippen LogP contribution in [0.15, 0.2) is 48.5 Å². The second-order valence-corrected chi connectivity index (χ2v) is 5.45. The number of esters is 1. The van der Waals surface area contributed by atoms with Crippen molar-refractivity contribution in [3.05, 3.63) is 54.1 Å². The summed E-state index contributed by atoms with van der Waals surface area (Å²) in [5.74, 6) is -0.280. The van der Waals surface area contributed by atoms with Gasteiger partial charge in [0.1, 0.15) is 0 Å². The topological polar surface area (TPSA) is 94.1 Å². The van der Waals surface area contributed by atoms with Crippen molar-refractivity contribution in [3.63, 3.8) is 0 Å². The van der Waals surface area contributed by atoms with E-state index in [2.05, 4.69) is 5.32 Å². The third kappa shape index (κ3) is 3.89. The van der Waals surface area contributed by atoms with Gasteiger partial charge in [-0.3, -0.25) is 4.79 Å². The monoisotopic (exact) mass is 343 g/mol. The highest BCUT2D eigenvalue weighted by molar-refractivity contribution is 5.95. The summed E-state index contributed by atoms with van der Waals surface area (Å²) in [6, 6.07) is 13.3. The maximum Gasteiger partial charge on any atom is 0.340 e. The summed E-state index contributed by atoms with van der Waals surface area (Å²) in [7, 11) is 0. The molecular formula is C18H17NO6. The molecule has 0 saturated carbocycles. The van der Waals surface area contributed by atoms with Crippen LogP contribution in [0.4, 0.5) is 5.69 Å². The molecule has 3 rings (SSSR count). The Balaban J connectivity index is 1.58. The van der Waals surface area contributed by atoms with E-state index in [1.165, 1.54) is 6.92 Å². The van der Waals surface area contributed by atoms with Crippen LogP contribution in [0.3, 0.4) is 0 Å². The van der Waals surface area contributed by atoms with E-state index in [-0.39, 0.29) is 6.79 Å². The van der Waals surface area contributed by atoms with Crippen LogP contribution in [0.1, 0.15) is 18.6 Å². The third-order valence-electron chi connectivity index (χ3n) is 3.64. The molecule has 130 valence electrons. The van der Waals surface area contributed by atoms with Gasteiger partial charge < -0.3 is 24.6 Å². The minimum absolute atomic E-state index is 0.137. The first-order valence-corrected chi connectivity index (χ1v) is 7.68. The Morgan fingerprint density at radius 1 is 1.12 bits per heavy atom. The van der Waals surface area contributed by atoms with Crippen molar-refractivity contribution < 1.29 is 28.9 Å². The molecule has 0 spiro atoms. The van der Waals surface area contributed by atoms with E-state index in [1.807, 2.05) is 0 Å². The van der Waals surface area contributed by atoms with Crippen LogP contribution in [0.5, 0.6) is 11.5 Å². The number of anilines is 1. The van der Waals surface area contributed by atoms with Gasteiger partial charge in [0.2, 0.25) is 6.79 Å². The molecule has 0 radical (unpaired) electrons. The average Bonchev–Trinajstić information content (AvgIpc) is 3.09. The number of hydrogen-bond acceptors (Lipinski definition) is 6. The first-order chi connectivity index (χ1) is 12.0. The van der Waals surface area contributed by atoms with Gasteiger partial charge in [-0.05, 0) is 24.6 Å². The van der Waals surface area contributed by atoms with E-state index in [0.29, 0.717) is 22.7 Å². The van der Waals surface area contributed by atoms with E-state index in [9.17, 15) is 14.7 Å². The summed E-state index contributed by atoms with van der Waals surface area (Å²) in [4.78, 5) is 24.1. The van der Waals surface area contributed by atoms with Crippen LogP contribution in [-0.4, -0.2) is 29.9 Å². The van der Waals surface area contributed by atoms with E-state index < -0.39 is 24.1 Å². The summed E-state index contributed by atoms with van der Waals surface area (Å²) in [6.07, 6.45) is -2.52. The van der Waals surface area contributed by atoms with Crippen LogP contribution < -0.4 is 14.8 Å². The van der Waals surface area contributed by atoms with Crippen LogP contribution in [0, 0.1) is 0 Å². The summed E-state index contributed by atoms with van der Waals surface area (Å²) >= 11 is 0. The molecule has 0 saturated heterocycles. The van der Waals surface area contributed by atoms with Crippen molar-refractivity contribution >= 4 is 17.6 Å². The maximum atomic E-state index is 12.2. The molecule has 2 N–H and O–H groups in total. The van der Waals surface area contributed by atoms with Gasteiger partial charge >= 0.3 is 5.97 Å². The van der Waals surface area contributed by atoms with E-state index in [1.54, 1.807) is 48.5 Å². The van der Waals surface area contributed by atoms with Gasteiger partial charge in [0, 0.05) is 11.8 Å². The SMILES string of the molecule is C[C@H](OC(=O)[C@@H](O)c1ccccc1)C(=O)Nc1ccc2c(c1)OCO2. The highest BCUT2D eigenvalue weighted by Gasteiger charge is 2.25. The molecule has 2 aromatic rings. The number of fused-ring (bicyclic) bond motifs is 1. The number of nitrogens with one attached hydrogen (secondary N) is 1. The number of rotatable bonds is 5. The van der Waals surface area contributed by atoms with Gasteiger partial charge in [0.05, 0.1) is 0 Å². The Morgan fingerprint density at radius 3 is 2.60 bits per heavy atom. The summed E-state index contributed by atoms with van der Waals surface area (Å²) in [5, 5.41) is 12.6. The predicted octanol–water partition coefficient (Wildman–Crippen LogP) is 2.02. The minimum atomic E-state index is -1.44. The third-order valence-corrected chi connectivity index (χ3v) is 3.64. The zero-order chi connectivity index (χ0) is 17.8. The van der Waals surface area contributed by atoms with Gasteiger partial charge in [-0.15, -0.1) is 0 Å². The number of aliphatic hydroxyl groups is 1. The van der Waals surface area contributed by atoms with E-state index in [0.717, 1.165) is 0 Å². The summed E-state index contributed by atoms with van der Waals surface area (Å²) < 4.78 is 15.5. The molecule has 25 heavy (non-hydrogen) atoms. The minimum Gasteiger partial charge on any atom is -0.454 e. The van der Waals surface area contributed by atoms with Crippen molar-refractivity contribution in [2.24, 2.45) is 0 Å². The van der Waals surface area contributed by atoms with Gasteiger partial charge in [-0.2, -0.15) is 0 Å².